The first kappa shape index (κ1) is 19.1. The lowest BCUT2D eigenvalue weighted by Crippen LogP contribution is -2.24. The lowest BCUT2D eigenvalue weighted by molar-refractivity contribution is 0.0679. The summed E-state index contributed by atoms with van der Waals surface area (Å²) in [6.45, 7) is 6.61. The third-order valence-electron chi connectivity index (χ3n) is 5.38. The van der Waals surface area contributed by atoms with Gasteiger partial charge in [0.2, 0.25) is 5.95 Å². The highest BCUT2D eigenvalue weighted by Gasteiger charge is 2.25. The third kappa shape index (κ3) is 3.49. The lowest BCUT2D eigenvalue weighted by atomic mass is 10.1. The molecule has 0 aliphatic carbocycles. The molecule has 0 saturated heterocycles. The summed E-state index contributed by atoms with van der Waals surface area (Å²) in [7, 11) is 0. The molecule has 0 fully saturated rings. The summed E-state index contributed by atoms with van der Waals surface area (Å²) >= 11 is 0. The van der Waals surface area contributed by atoms with Gasteiger partial charge in [0.1, 0.15) is 12.4 Å². The van der Waals surface area contributed by atoms with Gasteiger partial charge < -0.3 is 9.30 Å². The van der Waals surface area contributed by atoms with E-state index in [9.17, 15) is 0 Å². The van der Waals surface area contributed by atoms with E-state index in [1.54, 1.807) is 18.6 Å². The van der Waals surface area contributed by atoms with Gasteiger partial charge in [0.05, 0.1) is 23.7 Å². The van der Waals surface area contributed by atoms with Crippen LogP contribution in [-0.4, -0.2) is 32.8 Å². The van der Waals surface area contributed by atoms with E-state index in [1.165, 1.54) is 10.6 Å². The SMILES string of the molecule is C=NN(/C=C\C)c1ncc(-c2ccc3nc4n(c3c2)C(c2ccccc2)COC4)cn1. The fraction of sp³-hybridized carbons (Fsp3) is 0.167. The van der Waals surface area contributed by atoms with Crippen LogP contribution in [0.3, 0.4) is 0 Å². The molecule has 1 unspecified atom stereocenters. The molecule has 1 aliphatic rings. The minimum absolute atomic E-state index is 0.0943. The lowest BCUT2D eigenvalue weighted by Gasteiger charge is -2.26. The molecule has 2 aromatic heterocycles. The van der Waals surface area contributed by atoms with E-state index >= 15 is 0 Å². The molecule has 7 nitrogen and oxygen atoms in total. The number of hydrazone groups is 1. The van der Waals surface area contributed by atoms with E-state index < -0.39 is 0 Å². The second-order valence-electron chi connectivity index (χ2n) is 7.28. The second-order valence-corrected chi connectivity index (χ2v) is 7.28. The van der Waals surface area contributed by atoms with Gasteiger partial charge in [-0.3, -0.25) is 0 Å². The Morgan fingerprint density at radius 1 is 1.13 bits per heavy atom. The molecule has 5 rings (SSSR count). The maximum atomic E-state index is 5.85. The van der Waals surface area contributed by atoms with Gasteiger partial charge in [0.25, 0.3) is 0 Å². The Labute approximate surface area is 180 Å². The van der Waals surface area contributed by atoms with Gasteiger partial charge in [0, 0.05) is 30.9 Å². The molecule has 0 saturated carbocycles. The van der Waals surface area contributed by atoms with Crippen LogP contribution in [0.1, 0.15) is 24.4 Å². The van der Waals surface area contributed by atoms with E-state index in [-0.39, 0.29) is 6.04 Å². The fourth-order valence-corrected chi connectivity index (χ4v) is 3.94. The molecular weight excluding hydrogens is 388 g/mol. The Kier molecular flexibility index (Phi) is 5.01. The second kappa shape index (κ2) is 8.12. The molecule has 1 aliphatic heterocycles. The van der Waals surface area contributed by atoms with Crippen LogP contribution in [0.5, 0.6) is 0 Å². The van der Waals surface area contributed by atoms with Crippen LogP contribution in [0.15, 0.2) is 78.3 Å². The predicted molar refractivity (Wildman–Crippen MR) is 122 cm³/mol. The van der Waals surface area contributed by atoms with Crippen molar-refractivity contribution >= 4 is 23.7 Å². The van der Waals surface area contributed by atoms with Crippen molar-refractivity contribution in [3.8, 4) is 11.1 Å². The molecule has 154 valence electrons. The van der Waals surface area contributed by atoms with Crippen LogP contribution in [0.4, 0.5) is 5.95 Å². The average Bonchev–Trinajstić information content (AvgIpc) is 3.21. The van der Waals surface area contributed by atoms with E-state index in [0.717, 1.165) is 28.0 Å². The first-order valence-electron chi connectivity index (χ1n) is 10.1. The molecule has 0 radical (unpaired) electrons. The van der Waals surface area contributed by atoms with Crippen LogP contribution in [-0.2, 0) is 11.3 Å². The minimum Gasteiger partial charge on any atom is -0.371 e. The Hall–Kier alpha value is -3.84. The van der Waals surface area contributed by atoms with E-state index in [2.05, 4.69) is 56.7 Å². The fourth-order valence-electron chi connectivity index (χ4n) is 3.94. The van der Waals surface area contributed by atoms with E-state index in [0.29, 0.717) is 19.2 Å². The Morgan fingerprint density at radius 2 is 1.94 bits per heavy atom. The molecule has 31 heavy (non-hydrogen) atoms. The highest BCUT2D eigenvalue weighted by Crippen LogP contribution is 2.32. The normalized spacial score (nSPS) is 15.8. The van der Waals surface area contributed by atoms with Crippen molar-refractivity contribution in [2.24, 2.45) is 5.10 Å². The van der Waals surface area contributed by atoms with Gasteiger partial charge in [0.15, 0.2) is 0 Å². The van der Waals surface area contributed by atoms with Gasteiger partial charge >= 0.3 is 0 Å². The van der Waals surface area contributed by atoms with E-state index in [4.69, 9.17) is 9.72 Å². The van der Waals surface area contributed by atoms with Crippen LogP contribution < -0.4 is 5.01 Å². The largest absolute Gasteiger partial charge is 0.371 e. The molecule has 0 amide bonds. The topological polar surface area (TPSA) is 68.4 Å². The average molecular weight is 410 g/mol. The van der Waals surface area contributed by atoms with Crippen LogP contribution in [0.25, 0.3) is 22.2 Å². The zero-order chi connectivity index (χ0) is 21.2. The summed E-state index contributed by atoms with van der Waals surface area (Å²) in [6.07, 6.45) is 7.22. The third-order valence-corrected chi connectivity index (χ3v) is 5.38. The van der Waals surface area contributed by atoms with Gasteiger partial charge in [-0.05, 0) is 30.2 Å². The van der Waals surface area contributed by atoms with Crippen molar-refractivity contribution in [1.82, 2.24) is 19.5 Å². The number of benzene rings is 2. The van der Waals surface area contributed by atoms with Crippen molar-refractivity contribution in [1.29, 1.82) is 0 Å². The smallest absolute Gasteiger partial charge is 0.250 e. The van der Waals surface area contributed by atoms with Crippen LogP contribution in [0.2, 0.25) is 0 Å². The Bertz CT molecular complexity index is 1250. The number of ether oxygens (including phenoxy) is 1. The maximum absolute atomic E-state index is 5.85. The standard InChI is InChI=1S/C24H22N6O/c1-3-11-29(25-2)24-26-13-19(14-27-24)18-9-10-20-21(12-18)30-22(15-31-16-23(30)28-20)17-7-5-4-6-8-17/h3-14,22H,2,15-16H2,1H3/b11-3-. The van der Waals surface area contributed by atoms with Crippen molar-refractivity contribution in [3.05, 3.63) is 84.6 Å². The first-order chi connectivity index (χ1) is 15.3. The summed E-state index contributed by atoms with van der Waals surface area (Å²) < 4.78 is 8.14. The molecule has 4 aromatic rings. The number of aromatic nitrogens is 4. The number of imidazole rings is 1. The molecule has 0 spiro atoms. The summed E-state index contributed by atoms with van der Waals surface area (Å²) in [5.74, 6) is 1.42. The Balaban J connectivity index is 1.56. The molecule has 1 atom stereocenters. The van der Waals surface area contributed by atoms with Crippen molar-refractivity contribution in [2.45, 2.75) is 19.6 Å². The van der Waals surface area contributed by atoms with Crippen molar-refractivity contribution < 1.29 is 4.74 Å². The van der Waals surface area contributed by atoms with Crippen molar-refractivity contribution in [3.63, 3.8) is 0 Å². The number of allylic oxidation sites excluding steroid dienone is 1. The monoisotopic (exact) mass is 410 g/mol. The molecule has 2 aromatic carbocycles. The molecular formula is C24H22N6O. The van der Waals surface area contributed by atoms with Crippen LogP contribution >= 0.6 is 0 Å². The van der Waals surface area contributed by atoms with Crippen LogP contribution in [0, 0.1) is 0 Å². The Morgan fingerprint density at radius 3 is 2.68 bits per heavy atom. The number of nitrogens with zero attached hydrogens (tertiary/aromatic N) is 6. The first-order valence-corrected chi connectivity index (χ1v) is 10.1. The molecule has 7 heteroatoms. The number of anilines is 1. The van der Waals surface area contributed by atoms with Gasteiger partial charge in [-0.15, -0.1) is 0 Å². The highest BCUT2D eigenvalue weighted by molar-refractivity contribution is 5.83. The number of fused-ring (bicyclic) bond motifs is 3. The maximum Gasteiger partial charge on any atom is 0.250 e. The predicted octanol–water partition coefficient (Wildman–Crippen LogP) is 4.57. The van der Waals surface area contributed by atoms with Gasteiger partial charge in [-0.25, -0.2) is 20.0 Å². The molecule has 0 N–H and O–H groups in total. The van der Waals surface area contributed by atoms with E-state index in [1.807, 2.05) is 31.2 Å². The number of hydrogen-bond donors (Lipinski definition) is 0. The molecule has 3 heterocycles. The number of rotatable bonds is 5. The van der Waals surface area contributed by atoms with Gasteiger partial charge in [-0.1, -0.05) is 42.5 Å². The number of hydrogen-bond acceptors (Lipinski definition) is 6. The molecule has 0 bridgehead atoms. The summed E-state index contributed by atoms with van der Waals surface area (Å²) in [4.78, 5) is 13.7. The minimum atomic E-state index is 0.0943. The van der Waals surface area contributed by atoms with Gasteiger partial charge in [-0.2, -0.15) is 5.10 Å². The summed E-state index contributed by atoms with van der Waals surface area (Å²) in [6, 6.07) is 16.8. The zero-order valence-corrected chi connectivity index (χ0v) is 17.2. The summed E-state index contributed by atoms with van der Waals surface area (Å²) in [5.41, 5.74) is 5.20. The highest BCUT2D eigenvalue weighted by atomic mass is 16.5. The quantitative estimate of drug-likeness (QED) is 0.356. The van der Waals surface area contributed by atoms with Crippen molar-refractivity contribution in [2.75, 3.05) is 11.6 Å². The zero-order valence-electron chi connectivity index (χ0n) is 17.2. The summed E-state index contributed by atoms with van der Waals surface area (Å²) in [5, 5.41) is 5.45.